The molecule has 1 atom stereocenters. The number of anilines is 1. The molecule has 0 spiro atoms. The van der Waals surface area contributed by atoms with Crippen LogP contribution in [0.15, 0.2) is 40.7 Å². The molecule has 0 bridgehead atoms. The average molecular weight is 514 g/mol. The van der Waals surface area contributed by atoms with Gasteiger partial charge in [-0.2, -0.15) is 0 Å². The number of hydrogen-bond donors (Lipinski definition) is 1. The first-order valence-corrected chi connectivity index (χ1v) is 12.0. The van der Waals surface area contributed by atoms with E-state index >= 15 is 0 Å². The highest BCUT2D eigenvalue weighted by Crippen LogP contribution is 2.34. The number of thiocarbonyl (C=S) groups is 1. The number of hydrogen-bond acceptors (Lipinski definition) is 9. The van der Waals surface area contributed by atoms with Crippen LogP contribution in [0.25, 0.3) is 11.7 Å². The summed E-state index contributed by atoms with van der Waals surface area (Å²) in [5.41, 5.74) is 0.926. The van der Waals surface area contributed by atoms with Crippen LogP contribution in [0.2, 0.25) is 0 Å². The van der Waals surface area contributed by atoms with Gasteiger partial charge in [-0.25, -0.2) is 4.98 Å². The largest absolute Gasteiger partial charge is 0.469 e. The van der Waals surface area contributed by atoms with Crippen molar-refractivity contribution in [3.05, 3.63) is 57.4 Å². The molecule has 0 unspecified atom stereocenters. The number of aromatic nitrogens is 2. The molecule has 1 N–H and O–H groups in total. The molecule has 35 heavy (non-hydrogen) atoms. The summed E-state index contributed by atoms with van der Waals surface area (Å²) in [6.45, 7) is 6.35. The van der Waals surface area contributed by atoms with E-state index in [1.54, 1.807) is 23.2 Å². The zero-order valence-electron chi connectivity index (χ0n) is 19.1. The van der Waals surface area contributed by atoms with Gasteiger partial charge in [0.1, 0.15) is 21.8 Å². The maximum atomic E-state index is 13.7. The number of thioether (sulfide) groups is 1. The minimum atomic E-state index is -0.932. The molecule has 182 valence electrons. The Morgan fingerprint density at radius 3 is 2.86 bits per heavy atom. The second-order valence-corrected chi connectivity index (χ2v) is 9.63. The fourth-order valence-corrected chi connectivity index (χ4v) is 5.18. The molecule has 0 aromatic carbocycles. The van der Waals surface area contributed by atoms with Crippen molar-refractivity contribution >= 4 is 63.6 Å². The molecule has 10 nitrogen and oxygen atoms in total. The van der Waals surface area contributed by atoms with E-state index in [1.165, 1.54) is 22.5 Å². The minimum Gasteiger partial charge on any atom is -0.469 e. The molecular weight excluding hydrogens is 490 g/mol. The standard InChI is InChI=1S/C23H23N5O5S2/c1-4-8-27-22(32)16(35-23(27)34)10-14-19(25-17-6-5-13(2)12-28(17)21(14)31)26-9-7-24-20(30)15(26)11-18(29)33-3/h4-6,10,12,15H,1,7-9,11H2,2-3H3,(H,24,30)/b16-10-/t15-/m1/s1. The molecule has 0 aliphatic carbocycles. The number of pyridine rings is 1. The molecule has 2 aromatic heterocycles. The smallest absolute Gasteiger partial charge is 0.308 e. The van der Waals surface area contributed by atoms with Gasteiger partial charge in [-0.05, 0) is 24.6 Å². The quantitative estimate of drug-likeness (QED) is 0.264. The normalized spacial score (nSPS) is 19.4. The van der Waals surface area contributed by atoms with Crippen molar-refractivity contribution in [3.63, 3.8) is 0 Å². The molecule has 4 rings (SSSR count). The lowest BCUT2D eigenvalue weighted by molar-refractivity contribution is -0.143. The van der Waals surface area contributed by atoms with Gasteiger partial charge in [0.05, 0.1) is 24.0 Å². The zero-order valence-corrected chi connectivity index (χ0v) is 20.8. The summed E-state index contributed by atoms with van der Waals surface area (Å²) in [6.07, 6.45) is 4.46. The van der Waals surface area contributed by atoms with Crippen molar-refractivity contribution in [2.24, 2.45) is 0 Å². The first-order valence-electron chi connectivity index (χ1n) is 10.8. The number of aryl methyl sites for hydroxylation is 1. The second kappa shape index (κ2) is 10.0. The average Bonchev–Trinajstić information content (AvgIpc) is 3.10. The van der Waals surface area contributed by atoms with Crippen LogP contribution >= 0.6 is 24.0 Å². The summed E-state index contributed by atoms with van der Waals surface area (Å²) in [5.74, 6) is -1.09. The number of methoxy groups -OCH3 is 1. The number of ether oxygens (including phenoxy) is 1. The summed E-state index contributed by atoms with van der Waals surface area (Å²) < 4.78 is 6.52. The third-order valence-electron chi connectivity index (χ3n) is 5.64. The van der Waals surface area contributed by atoms with Crippen molar-refractivity contribution in [2.75, 3.05) is 31.6 Å². The first kappa shape index (κ1) is 24.6. The monoisotopic (exact) mass is 513 g/mol. The third-order valence-corrected chi connectivity index (χ3v) is 7.01. The Morgan fingerprint density at radius 1 is 1.37 bits per heavy atom. The van der Waals surface area contributed by atoms with Gasteiger partial charge in [0.15, 0.2) is 0 Å². The molecule has 2 aliphatic rings. The predicted octanol–water partition coefficient (Wildman–Crippen LogP) is 1.26. The number of carbonyl (C=O) groups is 3. The molecule has 2 saturated heterocycles. The highest BCUT2D eigenvalue weighted by molar-refractivity contribution is 8.26. The van der Waals surface area contributed by atoms with E-state index in [2.05, 4.69) is 16.9 Å². The Balaban J connectivity index is 1.91. The fourth-order valence-electron chi connectivity index (χ4n) is 3.92. The second-order valence-electron chi connectivity index (χ2n) is 7.95. The lowest BCUT2D eigenvalue weighted by Gasteiger charge is -2.36. The van der Waals surface area contributed by atoms with Crippen LogP contribution in [0, 0.1) is 6.92 Å². The summed E-state index contributed by atoms with van der Waals surface area (Å²) in [6, 6.07) is 2.59. The van der Waals surface area contributed by atoms with Gasteiger partial charge in [0, 0.05) is 25.8 Å². The molecule has 2 fully saturated rings. The van der Waals surface area contributed by atoms with E-state index < -0.39 is 17.6 Å². The van der Waals surface area contributed by atoms with Gasteiger partial charge >= 0.3 is 5.97 Å². The van der Waals surface area contributed by atoms with Crippen molar-refractivity contribution in [1.82, 2.24) is 19.6 Å². The Morgan fingerprint density at radius 2 is 2.14 bits per heavy atom. The summed E-state index contributed by atoms with van der Waals surface area (Å²) >= 11 is 6.40. The zero-order chi connectivity index (χ0) is 25.3. The minimum absolute atomic E-state index is 0.122. The number of nitrogens with zero attached hydrogens (tertiary/aromatic N) is 4. The molecule has 12 heteroatoms. The van der Waals surface area contributed by atoms with Gasteiger partial charge < -0.3 is 15.0 Å². The first-order chi connectivity index (χ1) is 16.7. The van der Waals surface area contributed by atoms with Crippen molar-refractivity contribution in [3.8, 4) is 0 Å². The van der Waals surface area contributed by atoms with E-state index in [4.69, 9.17) is 17.0 Å². The molecule has 0 radical (unpaired) electrons. The van der Waals surface area contributed by atoms with Crippen molar-refractivity contribution < 1.29 is 19.1 Å². The van der Waals surface area contributed by atoms with Gasteiger partial charge in [-0.3, -0.25) is 28.5 Å². The van der Waals surface area contributed by atoms with Crippen LogP contribution < -0.4 is 15.8 Å². The SMILES string of the molecule is C=CCN1C(=O)/C(=C/c2c(N3CCNC(=O)[C@H]3CC(=O)OC)nc3ccc(C)cn3c2=O)SC1=S. The topological polar surface area (TPSA) is 113 Å². The fraction of sp³-hybridized carbons (Fsp3) is 0.304. The molecular formula is C23H23N5O5S2. The molecule has 2 aromatic rings. The summed E-state index contributed by atoms with van der Waals surface area (Å²) in [5, 5.41) is 2.74. The van der Waals surface area contributed by atoms with Gasteiger partial charge in [0.25, 0.3) is 11.5 Å². The number of piperazine rings is 1. The lowest BCUT2D eigenvalue weighted by Crippen LogP contribution is -2.57. The molecule has 2 aliphatic heterocycles. The number of amides is 2. The molecule has 0 saturated carbocycles. The van der Waals surface area contributed by atoms with Crippen LogP contribution in [0.5, 0.6) is 0 Å². The van der Waals surface area contributed by atoms with E-state index in [9.17, 15) is 19.2 Å². The Labute approximate surface area is 210 Å². The maximum Gasteiger partial charge on any atom is 0.308 e. The lowest BCUT2D eigenvalue weighted by atomic mass is 10.1. The van der Waals surface area contributed by atoms with Gasteiger partial charge in [0.2, 0.25) is 5.91 Å². The summed E-state index contributed by atoms with van der Waals surface area (Å²) in [4.78, 5) is 59.4. The van der Waals surface area contributed by atoms with E-state index in [0.29, 0.717) is 23.1 Å². The maximum absolute atomic E-state index is 13.7. The number of rotatable bonds is 6. The predicted molar refractivity (Wildman–Crippen MR) is 137 cm³/mol. The Kier molecular flexibility index (Phi) is 7.03. The third kappa shape index (κ3) is 4.71. The highest BCUT2D eigenvalue weighted by Gasteiger charge is 2.36. The highest BCUT2D eigenvalue weighted by atomic mass is 32.2. The van der Waals surface area contributed by atoms with Crippen LogP contribution in [0.4, 0.5) is 5.82 Å². The number of esters is 1. The van der Waals surface area contributed by atoms with Gasteiger partial charge in [-0.1, -0.05) is 36.1 Å². The van der Waals surface area contributed by atoms with Crippen molar-refractivity contribution in [2.45, 2.75) is 19.4 Å². The molecule has 2 amide bonds. The van der Waals surface area contributed by atoms with E-state index in [0.717, 1.165) is 17.3 Å². The van der Waals surface area contributed by atoms with E-state index in [-0.39, 0.29) is 41.1 Å². The van der Waals surface area contributed by atoms with E-state index in [1.807, 2.05) is 13.0 Å². The van der Waals surface area contributed by atoms with Gasteiger partial charge in [-0.15, -0.1) is 6.58 Å². The summed E-state index contributed by atoms with van der Waals surface area (Å²) in [7, 11) is 1.24. The van der Waals surface area contributed by atoms with Crippen LogP contribution in [-0.2, 0) is 19.1 Å². The number of carbonyl (C=O) groups excluding carboxylic acids is 3. The molecule has 4 heterocycles. The van der Waals surface area contributed by atoms with Crippen LogP contribution in [0.3, 0.4) is 0 Å². The number of fused-ring (bicyclic) bond motifs is 1. The Bertz CT molecular complexity index is 1350. The number of nitrogens with one attached hydrogen (secondary N) is 1. The van der Waals surface area contributed by atoms with Crippen molar-refractivity contribution in [1.29, 1.82) is 0 Å². The van der Waals surface area contributed by atoms with Crippen LogP contribution in [0.1, 0.15) is 17.5 Å². The Hall–Kier alpha value is -3.51. The van der Waals surface area contributed by atoms with Crippen LogP contribution in [-0.4, -0.2) is 69.2 Å².